The van der Waals surface area contributed by atoms with Crippen molar-refractivity contribution in [2.45, 2.75) is 19.3 Å². The van der Waals surface area contributed by atoms with Gasteiger partial charge in [-0.05, 0) is 44.1 Å². The van der Waals surface area contributed by atoms with Crippen LogP contribution in [0.4, 0.5) is 15.8 Å². The van der Waals surface area contributed by atoms with Crippen LogP contribution in [0.25, 0.3) is 0 Å². The van der Waals surface area contributed by atoms with Crippen LogP contribution in [0.1, 0.15) is 19.3 Å². The van der Waals surface area contributed by atoms with Crippen molar-refractivity contribution in [3.8, 4) is 0 Å². The second kappa shape index (κ2) is 5.82. The highest BCUT2D eigenvalue weighted by atomic mass is 19.1. The number of rotatable bonds is 4. The number of carbonyl (C=O) groups is 1. The standard InChI is InChI=1S/C13H18FN3O/c14-10-3-4-12(11(15)9-10)16-13(18)5-8-17-6-1-2-7-17/h3-4,9H,1-2,5-8,15H2,(H,16,18). The van der Waals surface area contributed by atoms with Crippen LogP contribution in [0, 0.1) is 5.82 Å². The van der Waals surface area contributed by atoms with Crippen LogP contribution in [0.5, 0.6) is 0 Å². The third-order valence-electron chi connectivity index (χ3n) is 3.14. The Morgan fingerprint density at radius 3 is 2.78 bits per heavy atom. The maximum Gasteiger partial charge on any atom is 0.225 e. The summed E-state index contributed by atoms with van der Waals surface area (Å²) in [5, 5.41) is 2.70. The molecule has 98 valence electrons. The Morgan fingerprint density at radius 1 is 1.39 bits per heavy atom. The van der Waals surface area contributed by atoms with Gasteiger partial charge in [0.05, 0.1) is 11.4 Å². The molecule has 1 saturated heterocycles. The molecule has 1 aliphatic heterocycles. The normalized spacial score (nSPS) is 15.8. The Kier molecular flexibility index (Phi) is 4.15. The van der Waals surface area contributed by atoms with Gasteiger partial charge in [0, 0.05) is 13.0 Å². The van der Waals surface area contributed by atoms with E-state index < -0.39 is 5.82 Å². The summed E-state index contributed by atoms with van der Waals surface area (Å²) in [6.45, 7) is 2.92. The van der Waals surface area contributed by atoms with Crippen LogP contribution in [0.3, 0.4) is 0 Å². The number of halogens is 1. The van der Waals surface area contributed by atoms with Gasteiger partial charge in [-0.15, -0.1) is 0 Å². The van der Waals surface area contributed by atoms with E-state index in [1.54, 1.807) is 0 Å². The Balaban J connectivity index is 1.82. The van der Waals surface area contributed by atoms with Gasteiger partial charge in [-0.1, -0.05) is 0 Å². The highest BCUT2D eigenvalue weighted by Crippen LogP contribution is 2.19. The van der Waals surface area contributed by atoms with Crippen LogP contribution in [0.15, 0.2) is 18.2 Å². The van der Waals surface area contributed by atoms with Crippen molar-refractivity contribution in [2.75, 3.05) is 30.7 Å². The number of nitrogen functional groups attached to an aromatic ring is 1. The maximum absolute atomic E-state index is 12.8. The van der Waals surface area contributed by atoms with Crippen LogP contribution in [-0.2, 0) is 4.79 Å². The van der Waals surface area contributed by atoms with E-state index in [9.17, 15) is 9.18 Å². The number of likely N-dealkylation sites (tertiary alicyclic amines) is 1. The van der Waals surface area contributed by atoms with E-state index in [4.69, 9.17) is 5.73 Å². The van der Waals surface area contributed by atoms with Gasteiger partial charge >= 0.3 is 0 Å². The summed E-state index contributed by atoms with van der Waals surface area (Å²) in [7, 11) is 0. The van der Waals surface area contributed by atoms with Gasteiger partial charge in [0.15, 0.2) is 0 Å². The average molecular weight is 251 g/mol. The molecule has 0 saturated carbocycles. The van der Waals surface area contributed by atoms with Crippen molar-refractivity contribution in [1.82, 2.24) is 4.90 Å². The van der Waals surface area contributed by atoms with Gasteiger partial charge < -0.3 is 16.0 Å². The number of hydrogen-bond acceptors (Lipinski definition) is 3. The molecule has 0 spiro atoms. The summed E-state index contributed by atoms with van der Waals surface area (Å²) in [5.41, 5.74) is 6.35. The number of nitrogens with zero attached hydrogens (tertiary/aromatic N) is 1. The minimum absolute atomic E-state index is 0.0831. The number of anilines is 2. The zero-order valence-corrected chi connectivity index (χ0v) is 10.3. The second-order valence-corrected chi connectivity index (χ2v) is 4.58. The van der Waals surface area contributed by atoms with Crippen molar-refractivity contribution in [3.63, 3.8) is 0 Å². The van der Waals surface area contributed by atoms with Gasteiger partial charge in [0.2, 0.25) is 5.91 Å². The summed E-state index contributed by atoms with van der Waals surface area (Å²) in [5.74, 6) is -0.484. The molecule has 0 aromatic heterocycles. The molecule has 1 heterocycles. The van der Waals surface area contributed by atoms with E-state index >= 15 is 0 Å². The zero-order valence-electron chi connectivity index (χ0n) is 10.3. The number of amides is 1. The van der Waals surface area contributed by atoms with E-state index in [0.717, 1.165) is 19.6 Å². The summed E-state index contributed by atoms with van der Waals surface area (Å²) in [4.78, 5) is 14.0. The van der Waals surface area contributed by atoms with E-state index in [-0.39, 0.29) is 11.6 Å². The molecule has 0 aliphatic carbocycles. The molecule has 2 rings (SSSR count). The van der Waals surface area contributed by atoms with Gasteiger partial charge in [-0.25, -0.2) is 4.39 Å². The molecular weight excluding hydrogens is 233 g/mol. The lowest BCUT2D eigenvalue weighted by atomic mass is 10.2. The first kappa shape index (κ1) is 12.8. The number of nitrogens with two attached hydrogens (primary N) is 1. The lowest BCUT2D eigenvalue weighted by molar-refractivity contribution is -0.116. The second-order valence-electron chi connectivity index (χ2n) is 4.58. The van der Waals surface area contributed by atoms with E-state index in [1.165, 1.54) is 31.0 Å². The Morgan fingerprint density at radius 2 is 2.11 bits per heavy atom. The molecule has 4 nitrogen and oxygen atoms in total. The first-order valence-corrected chi connectivity index (χ1v) is 6.22. The highest BCUT2D eigenvalue weighted by molar-refractivity contribution is 5.93. The van der Waals surface area contributed by atoms with E-state index in [1.807, 2.05) is 0 Å². The maximum atomic E-state index is 12.8. The summed E-state index contributed by atoms with van der Waals surface area (Å²) < 4.78 is 12.8. The number of hydrogen-bond donors (Lipinski definition) is 2. The van der Waals surface area contributed by atoms with Gasteiger partial charge in [-0.2, -0.15) is 0 Å². The quantitative estimate of drug-likeness (QED) is 0.803. The van der Waals surface area contributed by atoms with Gasteiger partial charge in [0.25, 0.3) is 0 Å². The number of carbonyl (C=O) groups excluding carboxylic acids is 1. The SMILES string of the molecule is Nc1cc(F)ccc1NC(=O)CCN1CCCC1. The smallest absolute Gasteiger partial charge is 0.225 e. The predicted octanol–water partition coefficient (Wildman–Crippen LogP) is 1.83. The molecule has 3 N–H and O–H groups in total. The molecule has 0 unspecified atom stereocenters. The highest BCUT2D eigenvalue weighted by Gasteiger charge is 2.13. The van der Waals surface area contributed by atoms with Crippen molar-refractivity contribution < 1.29 is 9.18 Å². The summed E-state index contributed by atoms with van der Waals surface area (Å²) >= 11 is 0. The summed E-state index contributed by atoms with van der Waals surface area (Å²) in [6, 6.07) is 3.97. The van der Waals surface area contributed by atoms with Crippen molar-refractivity contribution >= 4 is 17.3 Å². The molecule has 18 heavy (non-hydrogen) atoms. The van der Waals surface area contributed by atoms with E-state index in [2.05, 4.69) is 10.2 Å². The largest absolute Gasteiger partial charge is 0.397 e. The third-order valence-corrected chi connectivity index (χ3v) is 3.14. The first-order chi connectivity index (χ1) is 8.65. The fourth-order valence-corrected chi connectivity index (χ4v) is 2.13. The topological polar surface area (TPSA) is 58.4 Å². The average Bonchev–Trinajstić information content (AvgIpc) is 2.83. The molecule has 1 fully saturated rings. The fourth-order valence-electron chi connectivity index (χ4n) is 2.13. The molecule has 0 bridgehead atoms. The first-order valence-electron chi connectivity index (χ1n) is 6.22. The van der Waals surface area contributed by atoms with Crippen molar-refractivity contribution in [3.05, 3.63) is 24.0 Å². The van der Waals surface area contributed by atoms with Crippen LogP contribution in [-0.4, -0.2) is 30.4 Å². The van der Waals surface area contributed by atoms with Gasteiger partial charge in [-0.3, -0.25) is 4.79 Å². The molecule has 1 amide bonds. The molecule has 0 atom stereocenters. The van der Waals surface area contributed by atoms with Gasteiger partial charge in [0.1, 0.15) is 5.82 Å². The number of benzene rings is 1. The minimum Gasteiger partial charge on any atom is -0.397 e. The monoisotopic (exact) mass is 251 g/mol. The molecule has 1 aliphatic rings. The zero-order chi connectivity index (χ0) is 13.0. The molecule has 0 radical (unpaired) electrons. The lowest BCUT2D eigenvalue weighted by Crippen LogP contribution is -2.25. The molecular formula is C13H18FN3O. The van der Waals surface area contributed by atoms with Crippen LogP contribution < -0.4 is 11.1 Å². The minimum atomic E-state index is -0.400. The fraction of sp³-hybridized carbons (Fsp3) is 0.462. The Bertz CT molecular complexity index is 430. The van der Waals surface area contributed by atoms with Crippen LogP contribution >= 0.6 is 0 Å². The third kappa shape index (κ3) is 3.43. The Labute approximate surface area is 106 Å². The molecule has 5 heteroatoms. The predicted molar refractivity (Wildman–Crippen MR) is 69.7 cm³/mol. The van der Waals surface area contributed by atoms with Crippen LogP contribution in [0.2, 0.25) is 0 Å². The lowest BCUT2D eigenvalue weighted by Gasteiger charge is -2.14. The van der Waals surface area contributed by atoms with Crippen molar-refractivity contribution in [2.24, 2.45) is 0 Å². The number of nitrogens with one attached hydrogen (secondary N) is 1. The molecule has 1 aromatic rings. The van der Waals surface area contributed by atoms with E-state index in [0.29, 0.717) is 12.1 Å². The summed E-state index contributed by atoms with van der Waals surface area (Å²) in [6.07, 6.45) is 2.87. The molecule has 1 aromatic carbocycles. The van der Waals surface area contributed by atoms with Crippen molar-refractivity contribution in [1.29, 1.82) is 0 Å². The Hall–Kier alpha value is -1.62.